The van der Waals surface area contributed by atoms with Crippen LogP contribution >= 0.6 is 0 Å². The van der Waals surface area contributed by atoms with Gasteiger partial charge in [-0.3, -0.25) is 9.88 Å². The van der Waals surface area contributed by atoms with E-state index in [0.717, 1.165) is 19.6 Å². The van der Waals surface area contributed by atoms with E-state index in [9.17, 15) is 9.18 Å². The molecule has 1 aliphatic heterocycles. The molecule has 0 saturated carbocycles. The van der Waals surface area contributed by atoms with Crippen LogP contribution in [0.2, 0.25) is 0 Å². The third-order valence-corrected chi connectivity index (χ3v) is 3.58. The van der Waals surface area contributed by atoms with Gasteiger partial charge < -0.3 is 9.64 Å². The third-order valence-electron chi connectivity index (χ3n) is 3.58. The minimum atomic E-state index is -0.465. The lowest BCUT2D eigenvalue weighted by Crippen LogP contribution is -2.50. The summed E-state index contributed by atoms with van der Waals surface area (Å²) in [5.41, 5.74) is 0.220. The van der Waals surface area contributed by atoms with Crippen molar-refractivity contribution in [2.45, 2.75) is 32.8 Å². The average molecular weight is 309 g/mol. The van der Waals surface area contributed by atoms with Crippen molar-refractivity contribution in [1.82, 2.24) is 14.8 Å². The van der Waals surface area contributed by atoms with Crippen molar-refractivity contribution in [3.05, 3.63) is 29.8 Å². The Kier molecular flexibility index (Phi) is 5.34. The topological polar surface area (TPSA) is 45.7 Å². The van der Waals surface area contributed by atoms with Gasteiger partial charge in [0.1, 0.15) is 11.4 Å². The first-order valence-corrected chi connectivity index (χ1v) is 7.64. The number of pyridine rings is 1. The zero-order valence-electron chi connectivity index (χ0n) is 13.5. The van der Waals surface area contributed by atoms with Crippen molar-refractivity contribution < 1.29 is 13.9 Å². The van der Waals surface area contributed by atoms with Gasteiger partial charge in [-0.15, -0.1) is 0 Å². The predicted molar refractivity (Wildman–Crippen MR) is 82.1 cm³/mol. The Morgan fingerprint density at radius 1 is 1.32 bits per heavy atom. The number of amides is 1. The fraction of sp³-hybridized carbons (Fsp3) is 0.625. The van der Waals surface area contributed by atoms with Gasteiger partial charge in [0, 0.05) is 38.9 Å². The lowest BCUT2D eigenvalue weighted by Gasteiger charge is -2.35. The summed E-state index contributed by atoms with van der Waals surface area (Å²) in [5, 5.41) is 0. The molecule has 1 amide bonds. The van der Waals surface area contributed by atoms with Gasteiger partial charge in [0.25, 0.3) is 0 Å². The summed E-state index contributed by atoms with van der Waals surface area (Å²) >= 11 is 0. The van der Waals surface area contributed by atoms with E-state index in [1.165, 1.54) is 6.20 Å². The number of ether oxygens (including phenoxy) is 1. The minimum Gasteiger partial charge on any atom is -0.444 e. The van der Waals surface area contributed by atoms with Gasteiger partial charge in [0.05, 0.1) is 6.20 Å². The largest absolute Gasteiger partial charge is 0.444 e. The number of halogens is 1. The fourth-order valence-corrected chi connectivity index (χ4v) is 2.37. The molecule has 0 aromatic carbocycles. The normalized spacial score (nSPS) is 16.6. The van der Waals surface area contributed by atoms with Crippen molar-refractivity contribution in [1.29, 1.82) is 0 Å². The Balaban J connectivity index is 1.76. The third kappa shape index (κ3) is 4.94. The van der Waals surface area contributed by atoms with E-state index < -0.39 is 5.60 Å². The molecule has 0 spiro atoms. The van der Waals surface area contributed by atoms with Crippen molar-refractivity contribution in [2.24, 2.45) is 0 Å². The van der Waals surface area contributed by atoms with Gasteiger partial charge in [-0.2, -0.15) is 0 Å². The average Bonchev–Trinajstić information content (AvgIpc) is 2.45. The van der Waals surface area contributed by atoms with E-state index in [1.807, 2.05) is 20.8 Å². The molecule has 2 heterocycles. The van der Waals surface area contributed by atoms with Crippen LogP contribution in [0.3, 0.4) is 0 Å². The molecule has 1 aromatic rings. The summed E-state index contributed by atoms with van der Waals surface area (Å²) in [6.45, 7) is 9.24. The van der Waals surface area contributed by atoms with Crippen LogP contribution in [0.4, 0.5) is 9.18 Å². The van der Waals surface area contributed by atoms with E-state index in [2.05, 4.69) is 9.88 Å². The van der Waals surface area contributed by atoms with Crippen molar-refractivity contribution >= 4 is 6.09 Å². The summed E-state index contributed by atoms with van der Waals surface area (Å²) < 4.78 is 18.9. The van der Waals surface area contributed by atoms with Gasteiger partial charge in [-0.25, -0.2) is 9.18 Å². The molecule has 0 radical (unpaired) electrons. The number of aromatic nitrogens is 1. The molecule has 1 aromatic heterocycles. The summed E-state index contributed by atoms with van der Waals surface area (Å²) in [4.78, 5) is 19.7. The number of hydrogen-bond acceptors (Lipinski definition) is 4. The number of carbonyl (C=O) groups excluding carboxylic acids is 1. The lowest BCUT2D eigenvalue weighted by atomic mass is 10.1. The molecule has 1 saturated heterocycles. The van der Waals surface area contributed by atoms with Crippen LogP contribution in [-0.4, -0.2) is 59.2 Å². The second-order valence-electron chi connectivity index (χ2n) is 6.53. The monoisotopic (exact) mass is 309 g/mol. The summed E-state index contributed by atoms with van der Waals surface area (Å²) in [6.07, 6.45) is 3.25. The van der Waals surface area contributed by atoms with Crippen LogP contribution in [0.25, 0.3) is 0 Å². The second-order valence-corrected chi connectivity index (χ2v) is 6.53. The fourth-order valence-electron chi connectivity index (χ4n) is 2.37. The first-order chi connectivity index (χ1) is 10.3. The number of piperazine rings is 1. The molecule has 122 valence electrons. The number of nitrogens with zero attached hydrogens (tertiary/aromatic N) is 3. The lowest BCUT2D eigenvalue weighted by molar-refractivity contribution is 0.0146. The molecule has 5 nitrogen and oxygen atoms in total. The smallest absolute Gasteiger partial charge is 0.410 e. The summed E-state index contributed by atoms with van der Waals surface area (Å²) in [6, 6.07) is 1.71. The zero-order valence-corrected chi connectivity index (χ0v) is 13.5. The van der Waals surface area contributed by atoms with Gasteiger partial charge >= 0.3 is 6.09 Å². The van der Waals surface area contributed by atoms with Crippen molar-refractivity contribution in [3.63, 3.8) is 0 Å². The first kappa shape index (κ1) is 16.7. The van der Waals surface area contributed by atoms with Crippen LogP contribution in [0.15, 0.2) is 18.5 Å². The Morgan fingerprint density at radius 3 is 2.59 bits per heavy atom. The van der Waals surface area contributed by atoms with Crippen LogP contribution in [0.5, 0.6) is 0 Å². The Labute approximate surface area is 131 Å². The molecule has 0 atom stereocenters. The summed E-state index contributed by atoms with van der Waals surface area (Å²) in [7, 11) is 0. The standard InChI is InChI=1S/C16H24FN3O2/c1-16(2,3)22-15(21)20-10-8-19(9-11-20)7-5-13-4-6-18-12-14(13)17/h4,6,12H,5,7-11H2,1-3H3. The quantitative estimate of drug-likeness (QED) is 0.859. The number of hydrogen-bond donors (Lipinski definition) is 0. The number of carbonyl (C=O) groups is 1. The van der Waals surface area contributed by atoms with E-state index in [4.69, 9.17) is 4.74 Å². The maximum Gasteiger partial charge on any atom is 0.410 e. The van der Waals surface area contributed by atoms with E-state index in [-0.39, 0.29) is 11.9 Å². The van der Waals surface area contributed by atoms with E-state index in [1.54, 1.807) is 17.2 Å². The zero-order chi connectivity index (χ0) is 16.2. The molecule has 22 heavy (non-hydrogen) atoms. The molecule has 0 aliphatic carbocycles. The highest BCUT2D eigenvalue weighted by Gasteiger charge is 2.25. The molecule has 2 rings (SSSR count). The van der Waals surface area contributed by atoms with Gasteiger partial charge in [0.15, 0.2) is 0 Å². The SMILES string of the molecule is CC(C)(C)OC(=O)N1CCN(CCc2ccncc2F)CC1. The van der Waals surface area contributed by atoms with Crippen molar-refractivity contribution in [3.8, 4) is 0 Å². The van der Waals surface area contributed by atoms with E-state index in [0.29, 0.717) is 25.1 Å². The first-order valence-electron chi connectivity index (χ1n) is 7.64. The molecule has 1 fully saturated rings. The molecule has 6 heteroatoms. The van der Waals surface area contributed by atoms with Crippen molar-refractivity contribution in [2.75, 3.05) is 32.7 Å². The maximum absolute atomic E-state index is 13.5. The Bertz CT molecular complexity index is 508. The highest BCUT2D eigenvalue weighted by Crippen LogP contribution is 2.12. The number of rotatable bonds is 3. The molecule has 1 aliphatic rings. The molecule has 0 bridgehead atoms. The molecular formula is C16H24FN3O2. The Hall–Kier alpha value is -1.69. The van der Waals surface area contributed by atoms with Gasteiger partial charge in [0.2, 0.25) is 0 Å². The molecular weight excluding hydrogens is 285 g/mol. The second kappa shape index (κ2) is 7.05. The highest BCUT2D eigenvalue weighted by molar-refractivity contribution is 5.68. The highest BCUT2D eigenvalue weighted by atomic mass is 19.1. The maximum atomic E-state index is 13.5. The van der Waals surface area contributed by atoms with Gasteiger partial charge in [-0.05, 0) is 38.8 Å². The Morgan fingerprint density at radius 2 is 2.00 bits per heavy atom. The van der Waals surface area contributed by atoms with Crippen LogP contribution in [0.1, 0.15) is 26.3 Å². The molecule has 0 N–H and O–H groups in total. The summed E-state index contributed by atoms with van der Waals surface area (Å²) in [5.74, 6) is -0.255. The predicted octanol–water partition coefficient (Wildman–Crippen LogP) is 2.32. The molecule has 0 unspecified atom stereocenters. The minimum absolute atomic E-state index is 0.255. The van der Waals surface area contributed by atoms with E-state index >= 15 is 0 Å². The van der Waals surface area contributed by atoms with Crippen LogP contribution < -0.4 is 0 Å². The van der Waals surface area contributed by atoms with Crippen LogP contribution in [0, 0.1) is 5.82 Å². The van der Waals surface area contributed by atoms with Gasteiger partial charge in [-0.1, -0.05) is 0 Å². The van der Waals surface area contributed by atoms with Crippen LogP contribution in [-0.2, 0) is 11.2 Å².